The summed E-state index contributed by atoms with van der Waals surface area (Å²) in [6, 6.07) is 18.3. The number of aromatic nitrogens is 5. The van der Waals surface area contributed by atoms with Crippen LogP contribution in [0.3, 0.4) is 0 Å². The van der Waals surface area contributed by atoms with Crippen molar-refractivity contribution in [3.63, 3.8) is 0 Å². The highest BCUT2D eigenvalue weighted by Crippen LogP contribution is 2.24. The van der Waals surface area contributed by atoms with Gasteiger partial charge >= 0.3 is 12.1 Å². The van der Waals surface area contributed by atoms with Crippen LogP contribution in [0, 0.1) is 0 Å². The van der Waals surface area contributed by atoms with Crippen molar-refractivity contribution in [1.29, 1.82) is 0 Å². The highest BCUT2D eigenvalue weighted by molar-refractivity contribution is 5.93. The molecule has 0 aliphatic rings. The lowest BCUT2D eigenvalue weighted by Gasteiger charge is -2.07. The largest absolute Gasteiger partial charge is 0.415 e. The lowest BCUT2D eigenvalue weighted by atomic mass is 10.2. The maximum atomic E-state index is 13.6. The Morgan fingerprint density at radius 3 is 2.49 bits per heavy atom. The van der Waals surface area contributed by atoms with Gasteiger partial charge in [-0.3, -0.25) is 18.9 Å². The molecule has 3 aromatic heterocycles. The Labute approximate surface area is 222 Å². The topological polar surface area (TPSA) is 108 Å². The highest BCUT2D eigenvalue weighted by atomic mass is 19.3. The zero-order chi connectivity index (χ0) is 27.4. The minimum atomic E-state index is -2.86. The molecule has 0 bridgehead atoms. The number of unbranched alkanes of at least 4 members (excludes halogenated alkanes) is 1. The van der Waals surface area contributed by atoms with Crippen LogP contribution in [-0.2, 0) is 17.9 Å². The average Bonchev–Trinajstić information content (AvgIpc) is 3.53. The third-order valence-electron chi connectivity index (χ3n) is 6.26. The third-order valence-corrected chi connectivity index (χ3v) is 6.26. The van der Waals surface area contributed by atoms with Gasteiger partial charge in [-0.15, -0.1) is 10.2 Å². The molecule has 0 aliphatic carbocycles. The number of anilines is 1. The van der Waals surface area contributed by atoms with Crippen LogP contribution in [0.5, 0.6) is 0 Å². The van der Waals surface area contributed by atoms with Crippen LogP contribution in [0.2, 0.25) is 0 Å². The predicted molar refractivity (Wildman–Crippen MR) is 141 cm³/mol. The molecular formula is C28H26F2N6O3. The maximum Gasteiger partial charge on any atom is 0.329 e. The Morgan fingerprint density at radius 1 is 1.00 bits per heavy atom. The standard InChI is InChI=1S/C28H26F2N6O3/c1-2-3-9-24(37)32-20-12-13-22-23(14-20)35(16-18-7-5-4-6-8-18)28(38)36(22)17-21-11-10-19(15-31-21)26-33-34-27(39-26)25(29)30/h4-8,10-15,25H,2-3,9,16-17H2,1H3,(H,32,37). The molecule has 0 radical (unpaired) electrons. The van der Waals surface area contributed by atoms with E-state index in [-0.39, 0.29) is 24.0 Å². The van der Waals surface area contributed by atoms with Crippen LogP contribution in [0.15, 0.2) is 76.1 Å². The van der Waals surface area contributed by atoms with Crippen LogP contribution >= 0.6 is 0 Å². The van der Waals surface area contributed by atoms with Gasteiger partial charge in [-0.05, 0) is 42.3 Å². The van der Waals surface area contributed by atoms with E-state index < -0.39 is 12.3 Å². The van der Waals surface area contributed by atoms with Gasteiger partial charge in [-0.25, -0.2) is 4.79 Å². The number of nitrogens with one attached hydrogen (secondary N) is 1. The van der Waals surface area contributed by atoms with E-state index in [0.29, 0.717) is 40.9 Å². The Morgan fingerprint density at radius 2 is 1.79 bits per heavy atom. The summed E-state index contributed by atoms with van der Waals surface area (Å²) in [6.45, 7) is 2.55. The molecule has 0 spiro atoms. The first-order valence-electron chi connectivity index (χ1n) is 12.6. The van der Waals surface area contributed by atoms with E-state index in [0.717, 1.165) is 18.4 Å². The number of hydrogen-bond acceptors (Lipinski definition) is 6. The second-order valence-corrected chi connectivity index (χ2v) is 9.08. The fourth-order valence-electron chi connectivity index (χ4n) is 4.28. The molecule has 0 atom stereocenters. The van der Waals surface area contributed by atoms with Crippen molar-refractivity contribution in [2.45, 2.75) is 45.7 Å². The molecule has 0 fully saturated rings. The van der Waals surface area contributed by atoms with Crippen molar-refractivity contribution in [2.75, 3.05) is 5.32 Å². The number of carbonyl (C=O) groups excluding carboxylic acids is 1. The molecule has 0 saturated carbocycles. The van der Waals surface area contributed by atoms with Crippen molar-refractivity contribution in [3.05, 3.63) is 94.5 Å². The number of pyridine rings is 1. The summed E-state index contributed by atoms with van der Waals surface area (Å²) in [5.41, 5.74) is 3.68. The summed E-state index contributed by atoms with van der Waals surface area (Å²) < 4.78 is 33.8. The van der Waals surface area contributed by atoms with Crippen LogP contribution < -0.4 is 11.0 Å². The van der Waals surface area contributed by atoms with Gasteiger partial charge in [0.15, 0.2) is 0 Å². The fourth-order valence-corrected chi connectivity index (χ4v) is 4.28. The maximum absolute atomic E-state index is 13.6. The highest BCUT2D eigenvalue weighted by Gasteiger charge is 2.18. The van der Waals surface area contributed by atoms with Gasteiger partial charge in [-0.1, -0.05) is 43.7 Å². The van der Waals surface area contributed by atoms with E-state index >= 15 is 0 Å². The van der Waals surface area contributed by atoms with E-state index in [2.05, 4.69) is 20.5 Å². The van der Waals surface area contributed by atoms with Crippen LogP contribution in [0.4, 0.5) is 14.5 Å². The van der Waals surface area contributed by atoms with Gasteiger partial charge < -0.3 is 9.73 Å². The normalized spacial score (nSPS) is 11.4. The minimum absolute atomic E-state index is 0.0607. The molecule has 0 saturated heterocycles. The van der Waals surface area contributed by atoms with Crippen molar-refractivity contribution < 1.29 is 18.0 Å². The number of imidazole rings is 1. The SMILES string of the molecule is CCCCC(=O)Nc1ccc2c(c1)n(Cc1ccccc1)c(=O)n2Cc1ccc(-c2nnc(C(F)F)o2)cn1. The molecule has 200 valence electrons. The number of amides is 1. The molecule has 5 rings (SSSR count). The fraction of sp³-hybridized carbons (Fsp3) is 0.250. The van der Waals surface area contributed by atoms with Gasteiger partial charge in [0.1, 0.15) is 0 Å². The summed E-state index contributed by atoms with van der Waals surface area (Å²) in [6.07, 6.45) is 0.738. The van der Waals surface area contributed by atoms with Crippen molar-refractivity contribution in [2.24, 2.45) is 0 Å². The van der Waals surface area contributed by atoms with Crippen molar-refractivity contribution >= 4 is 22.6 Å². The molecule has 2 aromatic carbocycles. The van der Waals surface area contributed by atoms with Crippen LogP contribution in [0.25, 0.3) is 22.5 Å². The minimum Gasteiger partial charge on any atom is -0.415 e. The van der Waals surface area contributed by atoms with Gasteiger partial charge in [0, 0.05) is 18.3 Å². The first-order chi connectivity index (χ1) is 18.9. The Hall–Kier alpha value is -4.67. The van der Waals surface area contributed by atoms with Crippen LogP contribution in [0.1, 0.15) is 49.8 Å². The van der Waals surface area contributed by atoms with E-state index in [4.69, 9.17) is 4.42 Å². The molecule has 3 heterocycles. The molecule has 1 amide bonds. The second-order valence-electron chi connectivity index (χ2n) is 9.08. The second kappa shape index (κ2) is 11.4. The summed E-state index contributed by atoms with van der Waals surface area (Å²) >= 11 is 0. The Kier molecular flexibility index (Phi) is 7.57. The quantitative estimate of drug-likeness (QED) is 0.258. The molecule has 1 N–H and O–H groups in total. The zero-order valence-corrected chi connectivity index (χ0v) is 21.2. The van der Waals surface area contributed by atoms with Crippen molar-refractivity contribution in [1.82, 2.24) is 24.3 Å². The monoisotopic (exact) mass is 532 g/mol. The smallest absolute Gasteiger partial charge is 0.329 e. The molecule has 11 heteroatoms. The van der Waals surface area contributed by atoms with E-state index in [1.54, 1.807) is 27.3 Å². The number of hydrogen-bond donors (Lipinski definition) is 1. The van der Waals surface area contributed by atoms with Gasteiger partial charge in [0.2, 0.25) is 11.8 Å². The molecule has 0 aliphatic heterocycles. The predicted octanol–water partition coefficient (Wildman–Crippen LogP) is 5.41. The molecule has 0 unspecified atom stereocenters. The summed E-state index contributed by atoms with van der Waals surface area (Å²) in [7, 11) is 0. The van der Waals surface area contributed by atoms with Crippen LogP contribution in [-0.4, -0.2) is 30.2 Å². The van der Waals surface area contributed by atoms with E-state index in [1.165, 1.54) is 6.20 Å². The number of benzene rings is 2. The summed E-state index contributed by atoms with van der Waals surface area (Å²) in [4.78, 5) is 30.3. The number of nitrogens with zero attached hydrogens (tertiary/aromatic N) is 5. The Bertz CT molecular complexity index is 1640. The summed E-state index contributed by atoms with van der Waals surface area (Å²) in [5, 5.41) is 9.90. The third kappa shape index (κ3) is 5.77. The summed E-state index contributed by atoms with van der Waals surface area (Å²) in [5.74, 6) is -0.888. The Balaban J connectivity index is 1.47. The van der Waals surface area contributed by atoms with Crippen molar-refractivity contribution in [3.8, 4) is 11.5 Å². The van der Waals surface area contributed by atoms with Gasteiger partial charge in [0.05, 0.1) is 35.4 Å². The lowest BCUT2D eigenvalue weighted by Crippen LogP contribution is -2.25. The first-order valence-corrected chi connectivity index (χ1v) is 12.6. The number of carbonyl (C=O) groups is 1. The molecule has 5 aromatic rings. The molecular weight excluding hydrogens is 506 g/mol. The van der Waals surface area contributed by atoms with E-state index in [9.17, 15) is 18.4 Å². The number of rotatable bonds is 10. The number of alkyl halides is 2. The zero-order valence-electron chi connectivity index (χ0n) is 21.2. The molecule has 9 nitrogen and oxygen atoms in total. The molecule has 39 heavy (non-hydrogen) atoms. The average molecular weight is 533 g/mol. The van der Waals surface area contributed by atoms with E-state index in [1.807, 2.05) is 49.4 Å². The van der Waals surface area contributed by atoms with Gasteiger partial charge in [0.25, 0.3) is 5.89 Å². The van der Waals surface area contributed by atoms with Gasteiger partial charge in [-0.2, -0.15) is 8.78 Å². The number of fused-ring (bicyclic) bond motifs is 1. The lowest BCUT2D eigenvalue weighted by molar-refractivity contribution is -0.116. The first kappa shape index (κ1) is 26.0. The number of halogens is 2.